The molecule has 0 aliphatic heterocycles. The van der Waals surface area contributed by atoms with Gasteiger partial charge in [-0.2, -0.15) is 0 Å². The van der Waals surface area contributed by atoms with Gasteiger partial charge < -0.3 is 14.6 Å². The first-order chi connectivity index (χ1) is 10.5. The van der Waals surface area contributed by atoms with Gasteiger partial charge in [-0.3, -0.25) is 0 Å². The van der Waals surface area contributed by atoms with Crippen LogP contribution in [0.3, 0.4) is 0 Å². The molecular weight excluding hydrogens is 370 g/mol. The molecule has 0 aromatic heterocycles. The summed E-state index contributed by atoms with van der Waals surface area (Å²) in [7, 11) is 0. The highest BCUT2D eigenvalue weighted by atomic mass is 35.5. The molecule has 3 nitrogen and oxygen atoms in total. The molecule has 0 radical (unpaired) electrons. The van der Waals surface area contributed by atoms with E-state index >= 15 is 0 Å². The summed E-state index contributed by atoms with van der Waals surface area (Å²) in [4.78, 5) is 0. The van der Waals surface area contributed by atoms with Crippen LogP contribution in [-0.2, 0) is 0 Å². The predicted molar refractivity (Wildman–Crippen MR) is 89.9 cm³/mol. The van der Waals surface area contributed by atoms with Gasteiger partial charge in [0.1, 0.15) is 28.3 Å². The Morgan fingerprint density at radius 2 is 1.50 bits per heavy atom. The Bertz CT molecular complexity index is 657. The molecule has 0 fully saturated rings. The summed E-state index contributed by atoms with van der Waals surface area (Å²) < 4.78 is 11.2. The summed E-state index contributed by atoms with van der Waals surface area (Å²) in [5.41, 5.74) is 0. The van der Waals surface area contributed by atoms with E-state index < -0.39 is 0 Å². The minimum atomic E-state index is -0.176. The Kier molecular flexibility index (Phi) is 6.09. The van der Waals surface area contributed by atoms with Crippen molar-refractivity contribution in [2.24, 2.45) is 0 Å². The fourth-order valence-corrected chi connectivity index (χ4v) is 2.14. The number of halogens is 4. The summed E-state index contributed by atoms with van der Waals surface area (Å²) >= 11 is 22.6. The van der Waals surface area contributed by atoms with Crippen LogP contribution < -0.4 is 9.47 Å². The molecule has 2 aromatic rings. The number of hydrogen-bond donors (Lipinski definition) is 1. The molecule has 2 aromatic carbocycles. The van der Waals surface area contributed by atoms with Crippen molar-refractivity contribution in [3.63, 3.8) is 0 Å². The van der Waals surface area contributed by atoms with Crippen molar-refractivity contribution in [2.45, 2.75) is 0 Å². The van der Waals surface area contributed by atoms with Crippen molar-refractivity contribution in [3.8, 4) is 23.0 Å². The first kappa shape index (κ1) is 17.1. The van der Waals surface area contributed by atoms with Crippen LogP contribution >= 0.6 is 46.4 Å². The first-order valence-corrected chi connectivity index (χ1v) is 7.57. The van der Waals surface area contributed by atoms with Gasteiger partial charge in [-0.05, 0) is 30.3 Å². The van der Waals surface area contributed by atoms with Crippen LogP contribution in [0.15, 0.2) is 47.0 Å². The Morgan fingerprint density at radius 1 is 0.955 bits per heavy atom. The fraction of sp³-hybridized carbons (Fsp3) is 0.0667. The molecule has 7 heteroatoms. The van der Waals surface area contributed by atoms with Gasteiger partial charge in [0.2, 0.25) is 0 Å². The Hall–Kier alpha value is -1.26. The second-order valence-corrected chi connectivity index (χ2v) is 5.94. The Balaban J connectivity index is 2.04. The second kappa shape index (κ2) is 7.84. The zero-order chi connectivity index (χ0) is 16.1. The summed E-state index contributed by atoms with van der Waals surface area (Å²) in [5.74, 6) is 1.44. The topological polar surface area (TPSA) is 38.7 Å². The van der Waals surface area contributed by atoms with Crippen LogP contribution in [0.1, 0.15) is 0 Å². The van der Waals surface area contributed by atoms with E-state index in [2.05, 4.69) is 0 Å². The number of ether oxygens (including phenoxy) is 2. The van der Waals surface area contributed by atoms with E-state index in [0.717, 1.165) is 0 Å². The van der Waals surface area contributed by atoms with E-state index in [1.54, 1.807) is 24.3 Å². The van der Waals surface area contributed by atoms with E-state index in [0.29, 0.717) is 17.2 Å². The molecule has 0 spiro atoms. The molecule has 2 rings (SSSR count). The lowest BCUT2D eigenvalue weighted by Crippen LogP contribution is -1.93. The number of aromatic hydroxyl groups is 1. The zero-order valence-electron chi connectivity index (χ0n) is 11.0. The maximum Gasteiger partial charge on any atom is 0.153 e. The molecule has 0 heterocycles. The van der Waals surface area contributed by atoms with Crippen molar-refractivity contribution in [2.75, 3.05) is 6.61 Å². The van der Waals surface area contributed by atoms with Crippen molar-refractivity contribution in [1.29, 1.82) is 0 Å². The van der Waals surface area contributed by atoms with E-state index in [9.17, 15) is 5.11 Å². The van der Waals surface area contributed by atoms with Crippen LogP contribution in [0.2, 0.25) is 10.0 Å². The normalized spacial score (nSPS) is 10.2. The highest BCUT2D eigenvalue weighted by molar-refractivity contribution is 6.55. The van der Waals surface area contributed by atoms with Gasteiger partial charge in [0.25, 0.3) is 0 Å². The van der Waals surface area contributed by atoms with E-state index in [4.69, 9.17) is 55.9 Å². The van der Waals surface area contributed by atoms with Crippen LogP contribution in [0.25, 0.3) is 0 Å². The summed E-state index contributed by atoms with van der Waals surface area (Å²) in [6, 6.07) is 9.84. The molecule has 0 aliphatic carbocycles. The quantitative estimate of drug-likeness (QED) is 0.673. The molecule has 0 atom stereocenters. The molecular formula is C15H10Cl4O3. The summed E-state index contributed by atoms with van der Waals surface area (Å²) in [5, 5.41) is 9.73. The maximum absolute atomic E-state index is 9.50. The molecule has 1 N–H and O–H groups in total. The Labute approximate surface area is 147 Å². The van der Waals surface area contributed by atoms with Crippen LogP contribution in [0.4, 0.5) is 0 Å². The number of phenolic OH excluding ortho intramolecular Hbond substituents is 1. The number of rotatable bonds is 5. The molecule has 22 heavy (non-hydrogen) atoms. The van der Waals surface area contributed by atoms with E-state index in [1.165, 1.54) is 18.2 Å². The number of hydrogen-bond acceptors (Lipinski definition) is 3. The molecule has 0 aliphatic rings. The second-order valence-electron chi connectivity index (χ2n) is 4.11. The van der Waals surface area contributed by atoms with Gasteiger partial charge in [0.15, 0.2) is 5.75 Å². The minimum absolute atomic E-state index is 0.118. The van der Waals surface area contributed by atoms with Gasteiger partial charge >= 0.3 is 0 Å². The van der Waals surface area contributed by atoms with E-state index in [-0.39, 0.29) is 26.9 Å². The van der Waals surface area contributed by atoms with Gasteiger partial charge in [0.05, 0.1) is 10.0 Å². The van der Waals surface area contributed by atoms with Gasteiger partial charge in [-0.25, -0.2) is 0 Å². The highest BCUT2D eigenvalue weighted by Crippen LogP contribution is 2.37. The van der Waals surface area contributed by atoms with E-state index in [1.807, 2.05) is 0 Å². The zero-order valence-corrected chi connectivity index (χ0v) is 14.0. The lowest BCUT2D eigenvalue weighted by atomic mass is 10.3. The average molecular weight is 380 g/mol. The molecule has 0 saturated heterocycles. The molecule has 116 valence electrons. The van der Waals surface area contributed by atoms with Crippen LogP contribution in [0, 0.1) is 0 Å². The monoisotopic (exact) mass is 378 g/mol. The molecule has 0 bridgehead atoms. The lowest BCUT2D eigenvalue weighted by molar-refractivity contribution is 0.362. The van der Waals surface area contributed by atoms with Crippen LogP contribution in [-0.4, -0.2) is 11.7 Å². The van der Waals surface area contributed by atoms with Crippen molar-refractivity contribution in [1.82, 2.24) is 0 Å². The lowest BCUT2D eigenvalue weighted by Gasteiger charge is -2.09. The number of benzene rings is 2. The first-order valence-electron chi connectivity index (χ1n) is 6.05. The third kappa shape index (κ3) is 4.89. The molecule has 0 unspecified atom stereocenters. The largest absolute Gasteiger partial charge is 0.505 e. The standard InChI is InChI=1S/C15H10Cl4O3/c16-12-7-11(8-13(17)15(12)20)22-10-3-1-9(2-4-10)21-6-5-14(18)19/h1-5,7-8,20H,6H2. The summed E-state index contributed by atoms with van der Waals surface area (Å²) in [6.45, 7) is 0.270. The third-order valence-electron chi connectivity index (χ3n) is 2.54. The highest BCUT2D eigenvalue weighted by Gasteiger charge is 2.08. The van der Waals surface area contributed by atoms with Crippen molar-refractivity contribution >= 4 is 46.4 Å². The van der Waals surface area contributed by atoms with Gasteiger partial charge in [-0.15, -0.1) is 0 Å². The molecule has 0 saturated carbocycles. The van der Waals surface area contributed by atoms with Gasteiger partial charge in [-0.1, -0.05) is 46.4 Å². The fourth-order valence-electron chi connectivity index (χ4n) is 1.54. The number of phenols is 1. The molecule has 0 amide bonds. The Morgan fingerprint density at radius 3 is 2.05 bits per heavy atom. The van der Waals surface area contributed by atoms with Crippen molar-refractivity contribution < 1.29 is 14.6 Å². The maximum atomic E-state index is 9.50. The van der Waals surface area contributed by atoms with Crippen LogP contribution in [0.5, 0.6) is 23.0 Å². The third-order valence-corrected chi connectivity index (χ3v) is 3.42. The predicted octanol–water partition coefficient (Wildman–Crippen LogP) is 6.19. The minimum Gasteiger partial charge on any atom is -0.505 e. The van der Waals surface area contributed by atoms with Gasteiger partial charge in [0, 0.05) is 12.1 Å². The van der Waals surface area contributed by atoms with Crippen molar-refractivity contribution in [3.05, 3.63) is 57.0 Å². The SMILES string of the molecule is Oc1c(Cl)cc(Oc2ccc(OCC=C(Cl)Cl)cc2)cc1Cl. The average Bonchev–Trinajstić information content (AvgIpc) is 2.46. The smallest absolute Gasteiger partial charge is 0.153 e. The summed E-state index contributed by atoms with van der Waals surface area (Å²) in [6.07, 6.45) is 1.54.